The fourth-order valence-corrected chi connectivity index (χ4v) is 2.85. The number of phenolic OH excluding ortho intramolecular Hbond substituents is 1. The molecule has 170 valence electrons. The summed E-state index contributed by atoms with van der Waals surface area (Å²) in [6, 6.07) is 22.9. The Labute approximate surface area is 197 Å². The highest BCUT2D eigenvalue weighted by atomic mass is 16.5. The molecule has 0 bridgehead atoms. The van der Waals surface area contributed by atoms with Crippen LogP contribution in [0, 0.1) is 5.41 Å². The van der Waals surface area contributed by atoms with Crippen LogP contribution in [0.25, 0.3) is 18.2 Å². The van der Waals surface area contributed by atoms with Crippen LogP contribution >= 0.6 is 0 Å². The molecular formula is C30H32O3. The Morgan fingerprint density at radius 1 is 0.879 bits per heavy atom. The van der Waals surface area contributed by atoms with Gasteiger partial charge in [0.1, 0.15) is 11.5 Å². The molecule has 0 amide bonds. The fourth-order valence-electron chi connectivity index (χ4n) is 2.85. The highest BCUT2D eigenvalue weighted by Gasteiger charge is 2.24. The van der Waals surface area contributed by atoms with Gasteiger partial charge in [-0.25, -0.2) is 0 Å². The Kier molecular flexibility index (Phi) is 9.44. The van der Waals surface area contributed by atoms with Gasteiger partial charge < -0.3 is 9.84 Å². The Hall–Kier alpha value is -3.85. The van der Waals surface area contributed by atoms with Gasteiger partial charge in [-0.15, -0.1) is 0 Å². The number of para-hydroxylation sites is 2. The van der Waals surface area contributed by atoms with Crippen molar-refractivity contribution in [3.8, 4) is 11.5 Å². The van der Waals surface area contributed by atoms with Crippen molar-refractivity contribution in [1.29, 1.82) is 0 Å². The second-order valence-corrected chi connectivity index (χ2v) is 8.45. The first kappa shape index (κ1) is 25.4. The first-order valence-corrected chi connectivity index (χ1v) is 10.8. The van der Waals surface area contributed by atoms with Gasteiger partial charge in [-0.2, -0.15) is 0 Å². The molecule has 1 aliphatic rings. The first-order valence-electron chi connectivity index (χ1n) is 10.8. The second-order valence-electron chi connectivity index (χ2n) is 8.45. The number of aromatic hydroxyl groups is 1. The maximum absolute atomic E-state index is 11.6. The number of phenols is 1. The second kappa shape index (κ2) is 12.3. The monoisotopic (exact) mass is 440 g/mol. The largest absolute Gasteiger partial charge is 0.507 e. The molecule has 0 atom stereocenters. The molecule has 0 aromatic heterocycles. The Morgan fingerprint density at radius 2 is 1.45 bits per heavy atom. The standard InChI is InChI=1S/C13H16O2.C9H8.C8H8O/c1-5-10-8-6-7-9-11(10)15-12(14)13(2,3)4;1-2-5-9-7-3-6-8(9)4-1;1-2-7-5-3-4-6-8(7)9/h5-9H,1H2,2-4H3;1-6H,7H2;2-6,9H,1H2. The number of hydrogen-bond acceptors (Lipinski definition) is 3. The van der Waals surface area contributed by atoms with Crippen LogP contribution in [0.4, 0.5) is 0 Å². The van der Waals surface area contributed by atoms with Crippen LogP contribution in [0.1, 0.15) is 43.0 Å². The van der Waals surface area contributed by atoms with Crippen molar-refractivity contribution < 1.29 is 14.6 Å². The number of fused-ring (bicyclic) bond motifs is 1. The van der Waals surface area contributed by atoms with Crippen molar-refractivity contribution in [2.24, 2.45) is 5.41 Å². The molecule has 0 radical (unpaired) electrons. The van der Waals surface area contributed by atoms with Gasteiger partial charge in [0, 0.05) is 11.1 Å². The number of carbonyl (C=O) groups is 1. The topological polar surface area (TPSA) is 46.5 Å². The summed E-state index contributed by atoms with van der Waals surface area (Å²) in [6.07, 6.45) is 8.79. The molecule has 0 saturated heterocycles. The van der Waals surface area contributed by atoms with Crippen LogP contribution in [0.3, 0.4) is 0 Å². The number of carbonyl (C=O) groups excluding carboxylic acids is 1. The van der Waals surface area contributed by atoms with E-state index in [1.54, 1.807) is 30.4 Å². The molecule has 0 fully saturated rings. The summed E-state index contributed by atoms with van der Waals surface area (Å²) in [5.41, 5.74) is 3.96. The number of esters is 1. The van der Waals surface area contributed by atoms with Crippen LogP contribution in [-0.2, 0) is 11.2 Å². The van der Waals surface area contributed by atoms with E-state index in [0.29, 0.717) is 5.75 Å². The normalized spacial score (nSPS) is 11.1. The highest BCUT2D eigenvalue weighted by Crippen LogP contribution is 2.23. The van der Waals surface area contributed by atoms with E-state index < -0.39 is 5.41 Å². The predicted molar refractivity (Wildman–Crippen MR) is 139 cm³/mol. The summed E-state index contributed by atoms with van der Waals surface area (Å²) in [6.45, 7) is 12.7. The lowest BCUT2D eigenvalue weighted by molar-refractivity contribution is -0.143. The Morgan fingerprint density at radius 3 is 2.03 bits per heavy atom. The summed E-state index contributed by atoms with van der Waals surface area (Å²) in [4.78, 5) is 11.6. The zero-order valence-corrected chi connectivity index (χ0v) is 19.6. The van der Waals surface area contributed by atoms with E-state index >= 15 is 0 Å². The minimum atomic E-state index is -0.492. The lowest BCUT2D eigenvalue weighted by Gasteiger charge is -2.17. The van der Waals surface area contributed by atoms with Gasteiger partial charge >= 0.3 is 5.97 Å². The van der Waals surface area contributed by atoms with Crippen LogP contribution in [-0.4, -0.2) is 11.1 Å². The Balaban J connectivity index is 0.000000184. The van der Waals surface area contributed by atoms with Crippen molar-refractivity contribution in [3.05, 3.63) is 114 Å². The van der Waals surface area contributed by atoms with Gasteiger partial charge in [-0.05, 0) is 50.5 Å². The molecular weight excluding hydrogens is 408 g/mol. The minimum absolute atomic E-state index is 0.239. The summed E-state index contributed by atoms with van der Waals surface area (Å²) >= 11 is 0. The zero-order valence-electron chi connectivity index (χ0n) is 19.6. The van der Waals surface area contributed by atoms with Crippen LogP contribution in [0.5, 0.6) is 11.5 Å². The summed E-state index contributed by atoms with van der Waals surface area (Å²) in [5, 5.41) is 9.04. The predicted octanol–water partition coefficient (Wildman–Crippen LogP) is 7.57. The van der Waals surface area contributed by atoms with E-state index in [2.05, 4.69) is 49.6 Å². The van der Waals surface area contributed by atoms with E-state index in [4.69, 9.17) is 9.84 Å². The van der Waals surface area contributed by atoms with E-state index in [9.17, 15) is 4.79 Å². The van der Waals surface area contributed by atoms with Crippen LogP contribution in [0.15, 0.2) is 92.0 Å². The third-order valence-electron chi connectivity index (χ3n) is 4.80. The van der Waals surface area contributed by atoms with Gasteiger partial charge in [-0.3, -0.25) is 4.79 Å². The third-order valence-corrected chi connectivity index (χ3v) is 4.80. The van der Waals surface area contributed by atoms with Crippen molar-refractivity contribution in [2.75, 3.05) is 0 Å². The maximum Gasteiger partial charge on any atom is 0.316 e. The van der Waals surface area contributed by atoms with Gasteiger partial charge in [0.05, 0.1) is 5.41 Å². The third kappa shape index (κ3) is 7.97. The summed E-state index contributed by atoms with van der Waals surface area (Å²) in [5.74, 6) is 0.608. The van der Waals surface area contributed by atoms with Crippen molar-refractivity contribution in [3.63, 3.8) is 0 Å². The molecule has 3 aromatic rings. The first-order chi connectivity index (χ1) is 15.8. The summed E-state index contributed by atoms with van der Waals surface area (Å²) in [7, 11) is 0. The number of rotatable bonds is 3. The number of ether oxygens (including phenoxy) is 1. The maximum atomic E-state index is 11.6. The number of benzene rings is 3. The average molecular weight is 441 g/mol. The van der Waals surface area contributed by atoms with Gasteiger partial charge in [0.15, 0.2) is 0 Å². The molecule has 0 aliphatic heterocycles. The minimum Gasteiger partial charge on any atom is -0.507 e. The quantitative estimate of drug-likeness (QED) is 0.337. The molecule has 3 nitrogen and oxygen atoms in total. The van der Waals surface area contributed by atoms with E-state index in [-0.39, 0.29) is 11.7 Å². The van der Waals surface area contributed by atoms with Gasteiger partial charge in [0.2, 0.25) is 0 Å². The molecule has 0 saturated carbocycles. The molecule has 0 unspecified atom stereocenters. The average Bonchev–Trinajstić information content (AvgIpc) is 3.29. The fraction of sp³-hybridized carbons (Fsp3) is 0.167. The molecule has 33 heavy (non-hydrogen) atoms. The van der Waals surface area contributed by atoms with Crippen LogP contribution in [0.2, 0.25) is 0 Å². The number of allylic oxidation sites excluding steroid dienone is 1. The van der Waals surface area contributed by atoms with Crippen LogP contribution < -0.4 is 4.74 Å². The SMILES string of the molecule is C1=Cc2ccccc2C1.C=Cc1ccccc1O.C=Cc1ccccc1OC(=O)C(C)(C)C. The lowest BCUT2D eigenvalue weighted by Crippen LogP contribution is -2.25. The summed E-state index contributed by atoms with van der Waals surface area (Å²) < 4.78 is 5.29. The van der Waals surface area contributed by atoms with Crippen molar-refractivity contribution >= 4 is 24.2 Å². The zero-order chi connectivity index (χ0) is 24.3. The van der Waals surface area contributed by atoms with Crippen molar-refractivity contribution in [2.45, 2.75) is 27.2 Å². The van der Waals surface area contributed by atoms with E-state index in [0.717, 1.165) is 17.5 Å². The molecule has 0 heterocycles. The molecule has 3 heteroatoms. The molecule has 1 aliphatic carbocycles. The molecule has 3 aromatic carbocycles. The smallest absolute Gasteiger partial charge is 0.316 e. The highest BCUT2D eigenvalue weighted by molar-refractivity contribution is 5.79. The van der Waals surface area contributed by atoms with E-state index in [1.165, 1.54) is 11.1 Å². The van der Waals surface area contributed by atoms with Crippen molar-refractivity contribution in [1.82, 2.24) is 0 Å². The molecule has 4 rings (SSSR count). The lowest BCUT2D eigenvalue weighted by atomic mass is 9.97. The Bertz CT molecular complexity index is 1110. The molecule has 0 spiro atoms. The van der Waals surface area contributed by atoms with E-state index in [1.807, 2.05) is 51.1 Å². The molecule has 1 N–H and O–H groups in total. The van der Waals surface area contributed by atoms with Gasteiger partial charge in [-0.1, -0.05) is 98.1 Å². The van der Waals surface area contributed by atoms with Gasteiger partial charge in [0.25, 0.3) is 0 Å². The number of hydrogen-bond donors (Lipinski definition) is 1.